The summed E-state index contributed by atoms with van der Waals surface area (Å²) < 4.78 is 27.7. The Hall–Kier alpha value is -0.130. The van der Waals surface area contributed by atoms with Crippen molar-refractivity contribution in [3.05, 3.63) is 0 Å². The molecule has 0 spiro atoms. The molecule has 98 valence electrons. The molecule has 0 saturated carbocycles. The summed E-state index contributed by atoms with van der Waals surface area (Å²) in [6.45, 7) is 6.78. The van der Waals surface area contributed by atoms with E-state index in [1.165, 1.54) is 0 Å². The van der Waals surface area contributed by atoms with E-state index in [0.717, 1.165) is 39.0 Å². The topological polar surface area (TPSA) is 55.4 Å². The highest BCUT2D eigenvalue weighted by Gasteiger charge is 2.05. The molecule has 0 aromatic carbocycles. The van der Waals surface area contributed by atoms with E-state index in [1.807, 2.05) is 0 Å². The van der Waals surface area contributed by atoms with Gasteiger partial charge in [-0.25, -0.2) is 8.42 Å². The first kappa shape index (κ1) is 15.9. The minimum atomic E-state index is -2.82. The number of hydrogen-bond acceptors (Lipinski definition) is 4. The quantitative estimate of drug-likeness (QED) is 0.561. The van der Waals surface area contributed by atoms with Crippen LogP contribution in [-0.2, 0) is 14.6 Å². The van der Waals surface area contributed by atoms with Gasteiger partial charge in [0.25, 0.3) is 0 Å². The fourth-order valence-electron chi connectivity index (χ4n) is 1.14. The minimum Gasteiger partial charge on any atom is -0.381 e. The third-order valence-electron chi connectivity index (χ3n) is 2.31. The summed E-state index contributed by atoms with van der Waals surface area (Å²) in [7, 11) is -2.82. The fraction of sp³-hybridized carbons (Fsp3) is 1.00. The third kappa shape index (κ3) is 10.4. The van der Waals surface area contributed by atoms with Gasteiger partial charge in [0.05, 0.1) is 5.75 Å². The monoisotopic (exact) mass is 251 g/mol. The minimum absolute atomic E-state index is 0.231. The van der Waals surface area contributed by atoms with Gasteiger partial charge in [-0.2, -0.15) is 0 Å². The van der Waals surface area contributed by atoms with Crippen molar-refractivity contribution >= 4 is 9.84 Å². The highest BCUT2D eigenvalue weighted by molar-refractivity contribution is 7.91. The maximum Gasteiger partial charge on any atom is 0.151 e. The lowest BCUT2D eigenvalue weighted by molar-refractivity contribution is 0.129. The number of sulfone groups is 1. The molecule has 0 aliphatic carbocycles. The van der Waals surface area contributed by atoms with E-state index in [0.29, 0.717) is 6.54 Å². The summed E-state index contributed by atoms with van der Waals surface area (Å²) in [6, 6.07) is 0. The Bertz CT molecular complexity index is 240. The van der Waals surface area contributed by atoms with E-state index < -0.39 is 9.84 Å². The molecule has 0 unspecified atom stereocenters. The predicted molar refractivity (Wildman–Crippen MR) is 67.5 cm³/mol. The van der Waals surface area contributed by atoms with Crippen molar-refractivity contribution in [1.29, 1.82) is 0 Å². The molecule has 1 N–H and O–H groups in total. The summed E-state index contributed by atoms with van der Waals surface area (Å²) in [5.41, 5.74) is 0. The van der Waals surface area contributed by atoms with Crippen molar-refractivity contribution in [3.8, 4) is 0 Å². The first-order chi connectivity index (χ1) is 7.62. The van der Waals surface area contributed by atoms with Gasteiger partial charge in [-0.1, -0.05) is 20.3 Å². The van der Waals surface area contributed by atoms with Gasteiger partial charge in [0.2, 0.25) is 0 Å². The van der Waals surface area contributed by atoms with Gasteiger partial charge in [-0.15, -0.1) is 0 Å². The molecule has 0 aliphatic heterocycles. The Morgan fingerprint density at radius 3 is 2.38 bits per heavy atom. The maximum atomic E-state index is 11.1. The van der Waals surface area contributed by atoms with Crippen LogP contribution in [0.2, 0.25) is 0 Å². The van der Waals surface area contributed by atoms with Crippen molar-refractivity contribution in [2.24, 2.45) is 0 Å². The standard InChI is InChI=1S/C11H25NO3S/c1-3-5-9-15-10-6-7-12-8-11-16(13,14)4-2/h12H,3-11H2,1-2H3. The van der Waals surface area contributed by atoms with Crippen LogP contribution < -0.4 is 5.32 Å². The van der Waals surface area contributed by atoms with Crippen LogP contribution in [0, 0.1) is 0 Å². The van der Waals surface area contributed by atoms with Gasteiger partial charge in [0, 0.05) is 25.5 Å². The van der Waals surface area contributed by atoms with Crippen LogP contribution in [-0.4, -0.2) is 46.2 Å². The zero-order valence-corrected chi connectivity index (χ0v) is 11.3. The Labute approximate surface area is 99.7 Å². The van der Waals surface area contributed by atoms with E-state index in [9.17, 15) is 8.42 Å². The highest BCUT2D eigenvalue weighted by atomic mass is 32.2. The molecule has 0 radical (unpaired) electrons. The molecule has 0 fully saturated rings. The lowest BCUT2D eigenvalue weighted by atomic mass is 10.4. The van der Waals surface area contributed by atoms with Crippen LogP contribution in [0.25, 0.3) is 0 Å². The number of unbranched alkanes of at least 4 members (excludes halogenated alkanes) is 1. The molecule has 0 saturated heterocycles. The fourth-order valence-corrected chi connectivity index (χ4v) is 1.89. The second-order valence-corrected chi connectivity index (χ2v) is 6.28. The van der Waals surface area contributed by atoms with Gasteiger partial charge in [-0.05, 0) is 19.4 Å². The van der Waals surface area contributed by atoms with Crippen molar-refractivity contribution in [2.75, 3.05) is 37.8 Å². The molecule has 0 aliphatic rings. The molecule has 0 rings (SSSR count). The van der Waals surface area contributed by atoms with E-state index in [1.54, 1.807) is 6.92 Å². The summed E-state index contributed by atoms with van der Waals surface area (Å²) in [4.78, 5) is 0. The van der Waals surface area contributed by atoms with Crippen molar-refractivity contribution in [2.45, 2.75) is 33.1 Å². The molecule has 5 heteroatoms. The number of ether oxygens (including phenoxy) is 1. The smallest absolute Gasteiger partial charge is 0.151 e. The first-order valence-electron chi connectivity index (χ1n) is 6.11. The van der Waals surface area contributed by atoms with Crippen LogP contribution in [0.4, 0.5) is 0 Å². The van der Waals surface area contributed by atoms with Crippen LogP contribution >= 0.6 is 0 Å². The number of nitrogens with one attached hydrogen (secondary N) is 1. The highest BCUT2D eigenvalue weighted by Crippen LogP contribution is 1.90. The van der Waals surface area contributed by atoms with Gasteiger partial charge in [0.15, 0.2) is 9.84 Å². The molecular weight excluding hydrogens is 226 g/mol. The second kappa shape index (κ2) is 10.1. The summed E-state index contributed by atoms with van der Waals surface area (Å²) >= 11 is 0. The number of hydrogen-bond donors (Lipinski definition) is 1. The summed E-state index contributed by atoms with van der Waals surface area (Å²) in [5, 5.41) is 3.11. The number of rotatable bonds is 11. The molecular formula is C11H25NO3S. The Kier molecular flexibility index (Phi) is 9.97. The molecule has 0 amide bonds. The van der Waals surface area contributed by atoms with Crippen molar-refractivity contribution in [1.82, 2.24) is 5.32 Å². The first-order valence-corrected chi connectivity index (χ1v) is 7.93. The normalized spacial score (nSPS) is 11.9. The van der Waals surface area contributed by atoms with Crippen molar-refractivity contribution < 1.29 is 13.2 Å². The molecule has 0 aromatic heterocycles. The predicted octanol–water partition coefficient (Wildman–Crippen LogP) is 1.22. The van der Waals surface area contributed by atoms with E-state index >= 15 is 0 Å². The average molecular weight is 251 g/mol. The van der Waals surface area contributed by atoms with Crippen LogP contribution in [0.5, 0.6) is 0 Å². The van der Waals surface area contributed by atoms with Gasteiger partial charge >= 0.3 is 0 Å². The van der Waals surface area contributed by atoms with Gasteiger partial charge in [0.1, 0.15) is 0 Å². The third-order valence-corrected chi connectivity index (χ3v) is 4.02. The van der Waals surface area contributed by atoms with Crippen LogP contribution in [0.3, 0.4) is 0 Å². The molecule has 0 atom stereocenters. The molecule has 0 bridgehead atoms. The van der Waals surface area contributed by atoms with Crippen molar-refractivity contribution in [3.63, 3.8) is 0 Å². The Balaban J connectivity index is 3.16. The summed E-state index contributed by atoms with van der Waals surface area (Å²) in [5.74, 6) is 0.467. The molecule has 0 aromatic rings. The van der Waals surface area contributed by atoms with Gasteiger partial charge in [-0.3, -0.25) is 0 Å². The average Bonchev–Trinajstić information content (AvgIpc) is 2.27. The van der Waals surface area contributed by atoms with Crippen LogP contribution in [0.15, 0.2) is 0 Å². The largest absolute Gasteiger partial charge is 0.381 e. The SMILES string of the molecule is CCCCOCCCNCCS(=O)(=O)CC. The Morgan fingerprint density at radius 1 is 1.06 bits per heavy atom. The zero-order valence-electron chi connectivity index (χ0n) is 10.5. The maximum absolute atomic E-state index is 11.1. The molecule has 0 heterocycles. The van der Waals surface area contributed by atoms with E-state index in [2.05, 4.69) is 12.2 Å². The van der Waals surface area contributed by atoms with Crippen LogP contribution in [0.1, 0.15) is 33.1 Å². The summed E-state index contributed by atoms with van der Waals surface area (Å²) in [6.07, 6.45) is 3.21. The van der Waals surface area contributed by atoms with E-state index in [4.69, 9.17) is 4.74 Å². The van der Waals surface area contributed by atoms with Gasteiger partial charge < -0.3 is 10.1 Å². The Morgan fingerprint density at radius 2 is 1.75 bits per heavy atom. The van der Waals surface area contributed by atoms with E-state index in [-0.39, 0.29) is 11.5 Å². The lowest BCUT2D eigenvalue weighted by Gasteiger charge is -2.05. The molecule has 4 nitrogen and oxygen atoms in total. The zero-order chi connectivity index (χ0) is 12.3. The molecule has 16 heavy (non-hydrogen) atoms. The lowest BCUT2D eigenvalue weighted by Crippen LogP contribution is -2.25. The second-order valence-electron chi connectivity index (χ2n) is 3.81.